The lowest BCUT2D eigenvalue weighted by atomic mass is 9.87. The number of nitrogens with one attached hydrogen (secondary N) is 1. The molecule has 0 radical (unpaired) electrons. The molecule has 0 atom stereocenters. The summed E-state index contributed by atoms with van der Waals surface area (Å²) in [5.74, 6) is -0.383. The van der Waals surface area contributed by atoms with E-state index >= 15 is 0 Å². The molecule has 4 heteroatoms. The summed E-state index contributed by atoms with van der Waals surface area (Å²) in [4.78, 5) is 11.2. The highest BCUT2D eigenvalue weighted by Crippen LogP contribution is 2.25. The minimum absolute atomic E-state index is 0.317. The van der Waals surface area contributed by atoms with Gasteiger partial charge in [0.1, 0.15) is 0 Å². The van der Waals surface area contributed by atoms with Crippen molar-refractivity contribution in [2.45, 2.75) is 31.8 Å². The van der Waals surface area contributed by atoms with Gasteiger partial charge in [-0.3, -0.25) is 4.79 Å². The van der Waals surface area contributed by atoms with Crippen LogP contribution in [-0.4, -0.2) is 18.0 Å². The van der Waals surface area contributed by atoms with Crippen molar-refractivity contribution in [3.63, 3.8) is 0 Å². The highest BCUT2D eigenvalue weighted by molar-refractivity contribution is 5.95. The Morgan fingerprint density at radius 2 is 2.12 bits per heavy atom. The van der Waals surface area contributed by atoms with E-state index in [1.807, 2.05) is 19.1 Å². The van der Waals surface area contributed by atoms with Gasteiger partial charge in [-0.25, -0.2) is 0 Å². The highest BCUT2D eigenvalue weighted by atomic mass is 16.1. The summed E-state index contributed by atoms with van der Waals surface area (Å²) in [6.45, 7) is 1.90. The third-order valence-electron chi connectivity index (χ3n) is 3.13. The van der Waals surface area contributed by atoms with Gasteiger partial charge in [-0.2, -0.15) is 0 Å². The molecule has 86 valence electrons. The number of carbonyl (C=O) groups excluding carboxylic acids is 1. The van der Waals surface area contributed by atoms with E-state index in [0.717, 1.165) is 24.1 Å². The lowest BCUT2D eigenvalue weighted by Crippen LogP contribution is -2.44. The van der Waals surface area contributed by atoms with Crippen molar-refractivity contribution < 1.29 is 4.79 Å². The molecule has 1 amide bonds. The van der Waals surface area contributed by atoms with E-state index in [-0.39, 0.29) is 5.91 Å². The van der Waals surface area contributed by atoms with Gasteiger partial charge in [0.25, 0.3) is 0 Å². The molecule has 4 nitrogen and oxygen atoms in total. The summed E-state index contributed by atoms with van der Waals surface area (Å²) in [7, 11) is 0. The quantitative estimate of drug-likeness (QED) is 0.709. The first kappa shape index (κ1) is 11.0. The van der Waals surface area contributed by atoms with Crippen molar-refractivity contribution in [2.75, 3.05) is 5.32 Å². The lowest BCUT2D eigenvalue weighted by molar-refractivity contribution is 0.0999. The molecule has 0 aromatic heterocycles. The third-order valence-corrected chi connectivity index (χ3v) is 3.13. The molecule has 0 aliphatic heterocycles. The van der Waals surface area contributed by atoms with Crippen molar-refractivity contribution in [3.8, 4) is 0 Å². The number of rotatable bonds is 3. The maximum atomic E-state index is 11.2. The Morgan fingerprint density at radius 1 is 1.44 bits per heavy atom. The van der Waals surface area contributed by atoms with Crippen LogP contribution in [-0.2, 0) is 0 Å². The van der Waals surface area contributed by atoms with Gasteiger partial charge in [-0.05, 0) is 37.5 Å². The number of benzene rings is 1. The van der Waals surface area contributed by atoms with Gasteiger partial charge in [0.2, 0.25) is 5.91 Å². The van der Waals surface area contributed by atoms with E-state index in [2.05, 4.69) is 5.32 Å². The van der Waals surface area contributed by atoms with E-state index in [1.165, 1.54) is 0 Å². The van der Waals surface area contributed by atoms with Gasteiger partial charge >= 0.3 is 0 Å². The minimum atomic E-state index is -0.383. The zero-order valence-corrected chi connectivity index (χ0v) is 9.36. The van der Waals surface area contributed by atoms with Gasteiger partial charge in [0.05, 0.1) is 0 Å². The zero-order chi connectivity index (χ0) is 11.7. The molecule has 0 spiro atoms. The smallest absolute Gasteiger partial charge is 0.249 e. The van der Waals surface area contributed by atoms with Gasteiger partial charge in [-0.1, -0.05) is 6.07 Å². The molecule has 16 heavy (non-hydrogen) atoms. The number of hydrogen-bond acceptors (Lipinski definition) is 3. The van der Waals surface area contributed by atoms with Crippen LogP contribution in [0.25, 0.3) is 0 Å². The molecule has 0 saturated heterocycles. The van der Waals surface area contributed by atoms with Crippen molar-refractivity contribution in [2.24, 2.45) is 11.5 Å². The molecule has 5 N–H and O–H groups in total. The minimum Gasteiger partial charge on any atom is -0.382 e. The van der Waals surface area contributed by atoms with E-state index in [9.17, 15) is 4.79 Å². The molecule has 1 saturated carbocycles. The first-order valence-electron chi connectivity index (χ1n) is 5.49. The summed E-state index contributed by atoms with van der Waals surface area (Å²) >= 11 is 0. The molecule has 1 aromatic rings. The maximum Gasteiger partial charge on any atom is 0.249 e. The van der Waals surface area contributed by atoms with E-state index in [1.54, 1.807) is 6.07 Å². The van der Waals surface area contributed by atoms with Crippen molar-refractivity contribution >= 4 is 11.6 Å². The van der Waals surface area contributed by atoms with Crippen LogP contribution in [0.1, 0.15) is 28.8 Å². The predicted octanol–water partition coefficient (Wildman–Crippen LogP) is 0.996. The topological polar surface area (TPSA) is 81.1 Å². The van der Waals surface area contributed by atoms with Crippen molar-refractivity contribution in [1.29, 1.82) is 0 Å². The van der Waals surface area contributed by atoms with Crippen molar-refractivity contribution in [3.05, 3.63) is 29.3 Å². The standard InChI is InChI=1S/C12H17N3O/c1-7-10(12(14)16)3-2-4-11(7)15-9-5-8(13)6-9/h2-4,8-9,15H,5-6,13H2,1H3,(H2,14,16). The fraction of sp³-hybridized carbons (Fsp3) is 0.417. The lowest BCUT2D eigenvalue weighted by Gasteiger charge is -2.34. The summed E-state index contributed by atoms with van der Waals surface area (Å²) in [5.41, 5.74) is 13.5. The second-order valence-electron chi connectivity index (χ2n) is 4.42. The van der Waals surface area contributed by atoms with Crippen LogP contribution < -0.4 is 16.8 Å². The first-order valence-corrected chi connectivity index (χ1v) is 5.49. The highest BCUT2D eigenvalue weighted by Gasteiger charge is 2.26. The van der Waals surface area contributed by atoms with Crippen LogP contribution in [0.2, 0.25) is 0 Å². The van der Waals surface area contributed by atoms with Crippen LogP contribution in [0, 0.1) is 6.92 Å². The van der Waals surface area contributed by atoms with E-state index in [0.29, 0.717) is 17.6 Å². The fourth-order valence-corrected chi connectivity index (χ4v) is 2.06. The van der Waals surface area contributed by atoms with E-state index < -0.39 is 0 Å². The first-order chi connectivity index (χ1) is 7.58. The average Bonchev–Trinajstić information content (AvgIpc) is 2.18. The maximum absolute atomic E-state index is 11.2. The molecule has 1 aromatic carbocycles. The number of hydrogen-bond donors (Lipinski definition) is 3. The van der Waals surface area contributed by atoms with Crippen LogP contribution in [0.15, 0.2) is 18.2 Å². The Labute approximate surface area is 95.0 Å². The second-order valence-corrected chi connectivity index (χ2v) is 4.42. The number of carbonyl (C=O) groups is 1. The zero-order valence-electron chi connectivity index (χ0n) is 9.36. The number of anilines is 1. The third kappa shape index (κ3) is 2.02. The average molecular weight is 219 g/mol. The fourth-order valence-electron chi connectivity index (χ4n) is 2.06. The molecule has 1 fully saturated rings. The second kappa shape index (κ2) is 4.14. The molecule has 1 aliphatic carbocycles. The molecule has 1 aliphatic rings. The summed E-state index contributed by atoms with van der Waals surface area (Å²) in [6.07, 6.45) is 1.97. The van der Waals surface area contributed by atoms with Gasteiger partial charge in [0, 0.05) is 23.3 Å². The normalized spacial score (nSPS) is 23.6. The SMILES string of the molecule is Cc1c(NC2CC(N)C2)cccc1C(N)=O. The van der Waals surface area contributed by atoms with Gasteiger partial charge in [-0.15, -0.1) is 0 Å². The molecule has 0 unspecified atom stereocenters. The number of amides is 1. The summed E-state index contributed by atoms with van der Waals surface area (Å²) in [5, 5.41) is 3.38. The monoisotopic (exact) mass is 219 g/mol. The van der Waals surface area contributed by atoms with Crippen molar-refractivity contribution in [1.82, 2.24) is 0 Å². The van der Waals surface area contributed by atoms with Gasteiger partial charge in [0.15, 0.2) is 0 Å². The molecule has 0 heterocycles. The molecular weight excluding hydrogens is 202 g/mol. The molecular formula is C12H17N3O. The largest absolute Gasteiger partial charge is 0.382 e. The van der Waals surface area contributed by atoms with Crippen LogP contribution in [0.3, 0.4) is 0 Å². The summed E-state index contributed by atoms with van der Waals surface area (Å²) in [6, 6.07) is 6.29. The Hall–Kier alpha value is -1.55. The van der Waals surface area contributed by atoms with E-state index in [4.69, 9.17) is 11.5 Å². The Kier molecular flexibility index (Phi) is 2.83. The van der Waals surface area contributed by atoms with Crippen LogP contribution in [0.5, 0.6) is 0 Å². The molecule has 2 rings (SSSR count). The van der Waals surface area contributed by atoms with Crippen LogP contribution in [0.4, 0.5) is 5.69 Å². The molecule has 0 bridgehead atoms. The predicted molar refractivity (Wildman–Crippen MR) is 64.3 cm³/mol. The van der Waals surface area contributed by atoms with Gasteiger partial charge < -0.3 is 16.8 Å². The number of nitrogens with two attached hydrogens (primary N) is 2. The number of primary amides is 1. The van der Waals surface area contributed by atoms with Crippen LogP contribution >= 0.6 is 0 Å². The Balaban J connectivity index is 2.15. The Morgan fingerprint density at radius 3 is 2.69 bits per heavy atom. The summed E-state index contributed by atoms with van der Waals surface area (Å²) < 4.78 is 0. The Bertz CT molecular complexity index is 411.